The lowest BCUT2D eigenvalue weighted by molar-refractivity contribution is -0.133. The van der Waals surface area contributed by atoms with E-state index in [4.69, 9.17) is 4.74 Å². The Kier molecular flexibility index (Phi) is 4.60. The quantitative estimate of drug-likeness (QED) is 0.632. The number of esters is 1. The molecule has 2 aromatic rings. The number of carbonyl (C=O) groups is 1. The number of hydrogen-bond acceptors (Lipinski definition) is 2. The maximum Gasteiger partial charge on any atom is 0.339 e. The molecule has 0 atom stereocenters. The second kappa shape index (κ2) is 6.63. The van der Waals surface area contributed by atoms with Crippen LogP contribution >= 0.6 is 31.9 Å². The van der Waals surface area contributed by atoms with E-state index in [9.17, 15) is 4.79 Å². The molecular weight excluding hydrogens is 408 g/mol. The van der Waals surface area contributed by atoms with Gasteiger partial charge in [0.1, 0.15) is 5.76 Å². The minimum Gasteiger partial charge on any atom is -0.423 e. The molecule has 4 heteroatoms. The lowest BCUT2D eigenvalue weighted by atomic mass is 10.1. The standard InChI is InChI=1S/C18H12Br2O2/c19-15-5-1-12(2-6-15)9-14-11-17(22-18(14)21)10-13-3-7-16(20)8-4-13/h1-8,10-11H,9H2/b17-10+. The van der Waals surface area contributed by atoms with Crippen LogP contribution in [0.3, 0.4) is 0 Å². The molecule has 110 valence electrons. The molecule has 0 saturated heterocycles. The van der Waals surface area contributed by atoms with E-state index in [2.05, 4.69) is 31.9 Å². The monoisotopic (exact) mass is 418 g/mol. The fourth-order valence-electron chi connectivity index (χ4n) is 2.17. The van der Waals surface area contributed by atoms with Gasteiger partial charge in [-0.15, -0.1) is 0 Å². The molecule has 0 aliphatic carbocycles. The van der Waals surface area contributed by atoms with Gasteiger partial charge in [0.05, 0.1) is 0 Å². The van der Waals surface area contributed by atoms with Crippen molar-refractivity contribution in [1.29, 1.82) is 0 Å². The number of ether oxygens (including phenoxy) is 1. The van der Waals surface area contributed by atoms with Crippen molar-refractivity contribution in [2.75, 3.05) is 0 Å². The van der Waals surface area contributed by atoms with Crippen molar-refractivity contribution in [3.63, 3.8) is 0 Å². The predicted molar refractivity (Wildman–Crippen MR) is 94.1 cm³/mol. The first-order valence-electron chi connectivity index (χ1n) is 6.74. The van der Waals surface area contributed by atoms with E-state index < -0.39 is 0 Å². The minimum atomic E-state index is -0.272. The summed E-state index contributed by atoms with van der Waals surface area (Å²) in [6, 6.07) is 15.8. The van der Waals surface area contributed by atoms with Crippen LogP contribution in [-0.2, 0) is 16.0 Å². The van der Waals surface area contributed by atoms with Gasteiger partial charge in [-0.2, -0.15) is 0 Å². The summed E-state index contributed by atoms with van der Waals surface area (Å²) in [5.74, 6) is 0.311. The Morgan fingerprint density at radius 2 is 1.50 bits per heavy atom. The molecule has 0 unspecified atom stereocenters. The molecule has 0 N–H and O–H groups in total. The van der Waals surface area contributed by atoms with E-state index in [1.54, 1.807) is 0 Å². The van der Waals surface area contributed by atoms with E-state index in [0.717, 1.165) is 20.1 Å². The number of allylic oxidation sites excluding steroid dienone is 1. The maximum atomic E-state index is 12.0. The first kappa shape index (κ1) is 15.3. The second-order valence-corrected chi connectivity index (χ2v) is 6.79. The summed E-state index contributed by atoms with van der Waals surface area (Å²) in [5, 5.41) is 0. The average Bonchev–Trinajstić information content (AvgIpc) is 2.84. The highest BCUT2D eigenvalue weighted by molar-refractivity contribution is 9.10. The van der Waals surface area contributed by atoms with Crippen LogP contribution in [0.25, 0.3) is 6.08 Å². The zero-order valence-electron chi connectivity index (χ0n) is 11.6. The van der Waals surface area contributed by atoms with Gasteiger partial charge < -0.3 is 4.74 Å². The SMILES string of the molecule is O=C1O/C(=C/c2ccc(Br)cc2)C=C1Cc1ccc(Br)cc1. The summed E-state index contributed by atoms with van der Waals surface area (Å²) in [7, 11) is 0. The Bertz CT molecular complexity index is 757. The van der Waals surface area contributed by atoms with Crippen LogP contribution < -0.4 is 0 Å². The molecule has 0 spiro atoms. The summed E-state index contributed by atoms with van der Waals surface area (Å²) >= 11 is 6.80. The third kappa shape index (κ3) is 3.76. The van der Waals surface area contributed by atoms with Crippen molar-refractivity contribution >= 4 is 43.9 Å². The van der Waals surface area contributed by atoms with Crippen LogP contribution in [-0.4, -0.2) is 5.97 Å². The Balaban J connectivity index is 1.79. The minimum absolute atomic E-state index is 0.272. The van der Waals surface area contributed by atoms with E-state index in [-0.39, 0.29) is 5.97 Å². The van der Waals surface area contributed by atoms with Crippen molar-refractivity contribution in [3.05, 3.63) is 86.0 Å². The Labute approximate surface area is 145 Å². The fraction of sp³-hybridized carbons (Fsp3) is 0.0556. The number of rotatable bonds is 3. The lowest BCUT2D eigenvalue weighted by Crippen LogP contribution is -2.01. The zero-order chi connectivity index (χ0) is 15.5. The first-order chi connectivity index (χ1) is 10.6. The van der Waals surface area contributed by atoms with Gasteiger partial charge in [0.25, 0.3) is 0 Å². The van der Waals surface area contributed by atoms with Crippen LogP contribution in [0.1, 0.15) is 11.1 Å². The number of carbonyl (C=O) groups excluding carboxylic acids is 1. The summed E-state index contributed by atoms with van der Waals surface area (Å²) in [5.41, 5.74) is 2.74. The molecule has 2 aromatic carbocycles. The first-order valence-corrected chi connectivity index (χ1v) is 8.33. The van der Waals surface area contributed by atoms with Crippen LogP contribution in [0.15, 0.2) is 74.9 Å². The molecule has 1 aliphatic rings. The zero-order valence-corrected chi connectivity index (χ0v) is 14.7. The summed E-state index contributed by atoms with van der Waals surface area (Å²) in [6.07, 6.45) is 4.25. The number of cyclic esters (lactones) is 1. The highest BCUT2D eigenvalue weighted by Gasteiger charge is 2.21. The van der Waals surface area contributed by atoms with Crippen molar-refractivity contribution in [3.8, 4) is 0 Å². The van der Waals surface area contributed by atoms with Crippen LogP contribution in [0.4, 0.5) is 0 Å². The lowest BCUT2D eigenvalue weighted by Gasteiger charge is -2.00. The van der Waals surface area contributed by atoms with Crippen molar-refractivity contribution in [2.24, 2.45) is 0 Å². The molecular formula is C18H12Br2O2. The second-order valence-electron chi connectivity index (χ2n) is 4.96. The molecule has 1 aliphatic heterocycles. The van der Waals surface area contributed by atoms with Crippen molar-refractivity contribution in [1.82, 2.24) is 0 Å². The Morgan fingerprint density at radius 1 is 0.909 bits per heavy atom. The van der Waals surface area contributed by atoms with Crippen LogP contribution in [0.2, 0.25) is 0 Å². The molecule has 0 saturated carbocycles. The number of halogens is 2. The smallest absolute Gasteiger partial charge is 0.339 e. The van der Waals surface area contributed by atoms with E-state index in [1.165, 1.54) is 0 Å². The van der Waals surface area contributed by atoms with Gasteiger partial charge in [0, 0.05) is 20.9 Å². The summed E-state index contributed by atoms with van der Waals surface area (Å²) < 4.78 is 7.35. The van der Waals surface area contributed by atoms with Crippen molar-refractivity contribution in [2.45, 2.75) is 6.42 Å². The van der Waals surface area contributed by atoms with Gasteiger partial charge in [0.15, 0.2) is 0 Å². The van der Waals surface area contributed by atoms with Gasteiger partial charge in [-0.1, -0.05) is 56.1 Å². The molecule has 2 nitrogen and oxygen atoms in total. The molecule has 0 aromatic heterocycles. The van der Waals surface area contributed by atoms with Crippen LogP contribution in [0.5, 0.6) is 0 Å². The van der Waals surface area contributed by atoms with Crippen molar-refractivity contribution < 1.29 is 9.53 Å². The predicted octanol–water partition coefficient (Wildman–Crippen LogP) is 5.28. The third-order valence-electron chi connectivity index (χ3n) is 3.28. The number of hydrogen-bond donors (Lipinski definition) is 0. The molecule has 0 bridgehead atoms. The normalized spacial score (nSPS) is 15.8. The van der Waals surface area contributed by atoms with Crippen LogP contribution in [0, 0.1) is 0 Å². The highest BCUT2D eigenvalue weighted by atomic mass is 79.9. The van der Waals surface area contributed by atoms with Gasteiger partial charge in [-0.3, -0.25) is 0 Å². The Morgan fingerprint density at radius 3 is 2.14 bits per heavy atom. The molecule has 0 radical (unpaired) electrons. The molecule has 22 heavy (non-hydrogen) atoms. The van der Waals surface area contributed by atoms with Gasteiger partial charge in [-0.25, -0.2) is 4.79 Å². The van der Waals surface area contributed by atoms with Gasteiger partial charge in [-0.05, 0) is 47.5 Å². The summed E-state index contributed by atoms with van der Waals surface area (Å²) in [4.78, 5) is 12.0. The van der Waals surface area contributed by atoms with E-state index >= 15 is 0 Å². The van der Waals surface area contributed by atoms with E-state index in [1.807, 2.05) is 60.7 Å². The molecule has 3 rings (SSSR count). The van der Waals surface area contributed by atoms with Gasteiger partial charge >= 0.3 is 5.97 Å². The molecule has 1 heterocycles. The maximum absolute atomic E-state index is 12.0. The molecule has 0 fully saturated rings. The summed E-state index contributed by atoms with van der Waals surface area (Å²) in [6.45, 7) is 0. The Hall–Kier alpha value is -1.65. The molecule has 0 amide bonds. The van der Waals surface area contributed by atoms with E-state index in [0.29, 0.717) is 17.8 Å². The van der Waals surface area contributed by atoms with Gasteiger partial charge in [0.2, 0.25) is 0 Å². The topological polar surface area (TPSA) is 26.3 Å². The highest BCUT2D eigenvalue weighted by Crippen LogP contribution is 2.24. The average molecular weight is 420 g/mol. The largest absolute Gasteiger partial charge is 0.423 e. The third-order valence-corrected chi connectivity index (χ3v) is 4.33. The fourth-order valence-corrected chi connectivity index (χ4v) is 2.70. The number of benzene rings is 2.